The summed E-state index contributed by atoms with van der Waals surface area (Å²) in [6.07, 6.45) is 5.15. The fraction of sp³-hybridized carbons (Fsp3) is 0.483. The van der Waals surface area contributed by atoms with Gasteiger partial charge in [-0.05, 0) is 82.9 Å². The molecule has 1 aromatic heterocycles. The van der Waals surface area contributed by atoms with Crippen LogP contribution < -0.4 is 4.74 Å². The maximum absolute atomic E-state index is 13.5. The van der Waals surface area contributed by atoms with Crippen molar-refractivity contribution in [3.05, 3.63) is 76.9 Å². The number of aromatic hydroxyl groups is 1. The van der Waals surface area contributed by atoms with Gasteiger partial charge in [0.25, 0.3) is 0 Å². The smallest absolute Gasteiger partial charge is 0.162 e. The van der Waals surface area contributed by atoms with E-state index in [1.165, 1.54) is 5.56 Å². The molecule has 194 valence electrons. The topological polar surface area (TPSA) is 53.8 Å². The second-order valence-electron chi connectivity index (χ2n) is 10.0. The Bertz CT molecular complexity index is 1120. The van der Waals surface area contributed by atoms with Crippen molar-refractivity contribution in [1.82, 2.24) is 19.6 Å². The number of hydrogen-bond acceptors (Lipinski definition) is 5. The number of para-hydroxylation sites is 1. The summed E-state index contributed by atoms with van der Waals surface area (Å²) in [4.78, 5) is 4.87. The van der Waals surface area contributed by atoms with Crippen LogP contribution in [0.15, 0.2) is 48.7 Å². The molecule has 7 heteroatoms. The van der Waals surface area contributed by atoms with Gasteiger partial charge in [-0.1, -0.05) is 24.3 Å². The lowest BCUT2D eigenvalue weighted by molar-refractivity contribution is 0.0949. The third kappa shape index (κ3) is 6.45. The highest BCUT2D eigenvalue weighted by Crippen LogP contribution is 2.33. The Labute approximate surface area is 214 Å². The molecule has 1 aliphatic heterocycles. The number of likely N-dealkylation sites (tertiary alicyclic amines) is 1. The summed E-state index contributed by atoms with van der Waals surface area (Å²) < 4.78 is 21.0. The summed E-state index contributed by atoms with van der Waals surface area (Å²) in [7, 11) is 4.16. The summed E-state index contributed by atoms with van der Waals surface area (Å²) >= 11 is 0. The zero-order valence-corrected chi connectivity index (χ0v) is 22.0. The van der Waals surface area contributed by atoms with E-state index in [-0.39, 0.29) is 11.6 Å². The van der Waals surface area contributed by atoms with Crippen LogP contribution in [0.4, 0.5) is 4.39 Å². The van der Waals surface area contributed by atoms with Crippen LogP contribution in [0.2, 0.25) is 0 Å². The molecule has 1 atom stereocenters. The monoisotopic (exact) mass is 494 g/mol. The first-order chi connectivity index (χ1) is 17.3. The Morgan fingerprint density at radius 3 is 2.50 bits per heavy atom. The van der Waals surface area contributed by atoms with Gasteiger partial charge in [-0.25, -0.2) is 4.39 Å². The molecule has 0 aliphatic carbocycles. The number of phenols is 1. The molecular weight excluding hydrogens is 455 g/mol. The fourth-order valence-electron chi connectivity index (χ4n) is 5.44. The maximum Gasteiger partial charge on any atom is 0.162 e. The first kappa shape index (κ1) is 26.2. The van der Waals surface area contributed by atoms with Crippen LogP contribution in [0.5, 0.6) is 11.5 Å². The molecule has 2 heterocycles. The van der Waals surface area contributed by atoms with Crippen molar-refractivity contribution in [1.29, 1.82) is 0 Å². The number of hydrogen-bond donors (Lipinski definition) is 1. The lowest BCUT2D eigenvalue weighted by Gasteiger charge is -2.40. The highest BCUT2D eigenvalue weighted by molar-refractivity contribution is 5.45. The molecule has 36 heavy (non-hydrogen) atoms. The summed E-state index contributed by atoms with van der Waals surface area (Å²) in [6.45, 7) is 8.02. The number of benzene rings is 2. The molecule has 0 saturated carbocycles. The van der Waals surface area contributed by atoms with Gasteiger partial charge in [-0.2, -0.15) is 5.10 Å². The van der Waals surface area contributed by atoms with Crippen LogP contribution in [-0.2, 0) is 26.6 Å². The van der Waals surface area contributed by atoms with E-state index < -0.39 is 0 Å². The number of ether oxygens (including phenoxy) is 1. The number of aromatic nitrogens is 2. The molecule has 1 saturated heterocycles. The van der Waals surface area contributed by atoms with E-state index >= 15 is 0 Å². The molecular formula is C29H39FN4O2. The van der Waals surface area contributed by atoms with Crippen molar-refractivity contribution < 1.29 is 14.2 Å². The third-order valence-corrected chi connectivity index (χ3v) is 7.41. The van der Waals surface area contributed by atoms with Crippen LogP contribution >= 0.6 is 0 Å². The number of aryl methyl sites for hydroxylation is 2. The Balaban J connectivity index is 1.44. The molecule has 4 rings (SSSR count). The second-order valence-corrected chi connectivity index (χ2v) is 10.0. The van der Waals surface area contributed by atoms with E-state index in [9.17, 15) is 9.50 Å². The van der Waals surface area contributed by atoms with E-state index in [0.717, 1.165) is 55.7 Å². The average molecular weight is 495 g/mol. The van der Waals surface area contributed by atoms with Gasteiger partial charge in [0, 0.05) is 43.5 Å². The average Bonchev–Trinajstić information content (AvgIpc) is 3.18. The van der Waals surface area contributed by atoms with Gasteiger partial charge in [0.2, 0.25) is 0 Å². The normalized spacial score (nSPS) is 15.9. The van der Waals surface area contributed by atoms with Crippen LogP contribution in [0.25, 0.3) is 0 Å². The summed E-state index contributed by atoms with van der Waals surface area (Å²) in [5.74, 6) is 1.13. The third-order valence-electron chi connectivity index (χ3n) is 7.41. The lowest BCUT2D eigenvalue weighted by Crippen LogP contribution is -2.45. The summed E-state index contributed by atoms with van der Waals surface area (Å²) in [5.41, 5.74) is 4.38. The fourth-order valence-corrected chi connectivity index (χ4v) is 5.44. The minimum atomic E-state index is -0.195. The number of rotatable bonds is 10. The van der Waals surface area contributed by atoms with Crippen molar-refractivity contribution in [2.24, 2.45) is 13.0 Å². The second kappa shape index (κ2) is 11.9. The van der Waals surface area contributed by atoms with E-state index in [1.807, 2.05) is 49.0 Å². The molecule has 0 bridgehead atoms. The molecule has 0 spiro atoms. The predicted molar refractivity (Wildman–Crippen MR) is 141 cm³/mol. The van der Waals surface area contributed by atoms with Crippen LogP contribution in [0, 0.1) is 18.7 Å². The van der Waals surface area contributed by atoms with Crippen molar-refractivity contribution in [2.45, 2.75) is 52.2 Å². The van der Waals surface area contributed by atoms with Crippen LogP contribution in [0.3, 0.4) is 0 Å². The molecule has 6 nitrogen and oxygen atoms in total. The maximum atomic E-state index is 13.5. The number of likely N-dealkylation sites (N-methyl/N-ethyl adjacent to an activating group) is 1. The van der Waals surface area contributed by atoms with E-state index in [1.54, 1.807) is 12.1 Å². The molecule has 0 amide bonds. The Morgan fingerprint density at radius 2 is 1.86 bits per heavy atom. The van der Waals surface area contributed by atoms with Crippen LogP contribution in [0.1, 0.15) is 42.1 Å². The van der Waals surface area contributed by atoms with Gasteiger partial charge in [0.15, 0.2) is 11.5 Å². The SMILES string of the molecule is CCOc1cccc(CN2CCC(C(Cc3ccc(F)cc3)N(C)Cc3cn(C)nc3C)CC2)c1O. The van der Waals surface area contributed by atoms with E-state index in [2.05, 4.69) is 35.1 Å². The molecule has 1 fully saturated rings. The largest absolute Gasteiger partial charge is 0.504 e. The Kier molecular flexibility index (Phi) is 8.64. The Hall–Kier alpha value is -2.90. The first-order valence-electron chi connectivity index (χ1n) is 12.9. The van der Waals surface area contributed by atoms with E-state index in [0.29, 0.717) is 30.9 Å². The minimum Gasteiger partial charge on any atom is -0.504 e. The molecule has 3 aromatic rings. The quantitative estimate of drug-likeness (QED) is 0.433. The van der Waals surface area contributed by atoms with Gasteiger partial charge in [0.05, 0.1) is 12.3 Å². The van der Waals surface area contributed by atoms with Crippen molar-refractivity contribution in [3.63, 3.8) is 0 Å². The molecule has 2 aromatic carbocycles. The highest BCUT2D eigenvalue weighted by atomic mass is 19.1. The highest BCUT2D eigenvalue weighted by Gasteiger charge is 2.30. The van der Waals surface area contributed by atoms with Crippen molar-refractivity contribution in [2.75, 3.05) is 26.7 Å². The zero-order valence-electron chi connectivity index (χ0n) is 22.0. The van der Waals surface area contributed by atoms with Gasteiger partial charge in [-0.15, -0.1) is 0 Å². The number of phenolic OH excluding ortho intramolecular Hbond substituents is 1. The Morgan fingerprint density at radius 1 is 1.14 bits per heavy atom. The minimum absolute atomic E-state index is 0.195. The van der Waals surface area contributed by atoms with Gasteiger partial charge < -0.3 is 9.84 Å². The number of piperidine rings is 1. The number of halogens is 1. The van der Waals surface area contributed by atoms with E-state index in [4.69, 9.17) is 4.74 Å². The van der Waals surface area contributed by atoms with Gasteiger partial charge in [0.1, 0.15) is 5.82 Å². The summed E-state index contributed by atoms with van der Waals surface area (Å²) in [5, 5.41) is 15.1. The zero-order chi connectivity index (χ0) is 25.7. The van der Waals surface area contributed by atoms with Crippen LogP contribution in [-0.4, -0.2) is 57.5 Å². The standard InChI is InChI=1S/C29H39FN4O2/c1-5-36-28-8-6-7-24(29(28)35)20-34-15-13-23(14-16-34)27(17-22-9-11-26(30)12-10-22)32(3)18-25-19-33(4)31-21(25)2/h6-12,19,23,27,35H,5,13-18,20H2,1-4H3. The molecule has 0 radical (unpaired) electrons. The van der Waals surface area contributed by atoms with Gasteiger partial charge in [-0.3, -0.25) is 14.5 Å². The molecule has 1 N–H and O–H groups in total. The number of nitrogens with zero attached hydrogens (tertiary/aromatic N) is 4. The van der Waals surface area contributed by atoms with Crippen molar-refractivity contribution >= 4 is 0 Å². The molecule has 1 unspecified atom stereocenters. The molecule has 1 aliphatic rings. The lowest BCUT2D eigenvalue weighted by atomic mass is 9.84. The summed E-state index contributed by atoms with van der Waals surface area (Å²) in [6, 6.07) is 13.0. The predicted octanol–water partition coefficient (Wildman–Crippen LogP) is 4.93. The first-order valence-corrected chi connectivity index (χ1v) is 12.9. The van der Waals surface area contributed by atoms with Crippen molar-refractivity contribution in [3.8, 4) is 11.5 Å². The van der Waals surface area contributed by atoms with Gasteiger partial charge >= 0.3 is 0 Å².